The number of amides is 2. The number of fused-ring (bicyclic) bond motifs is 1. The number of halogens is 3. The molecule has 0 unspecified atom stereocenters. The van der Waals surface area contributed by atoms with E-state index in [0.29, 0.717) is 11.5 Å². The molecule has 0 radical (unpaired) electrons. The Balaban J connectivity index is 1.25. The third-order valence-electron chi connectivity index (χ3n) is 8.28. The number of pyridine rings is 1. The van der Waals surface area contributed by atoms with Crippen LogP contribution in [0.1, 0.15) is 27.0 Å². The van der Waals surface area contributed by atoms with Crippen LogP contribution in [0.4, 0.5) is 20.3 Å². The highest BCUT2D eigenvalue weighted by molar-refractivity contribution is 7.11. The quantitative estimate of drug-likeness (QED) is 0.218. The van der Waals surface area contributed by atoms with E-state index in [-0.39, 0.29) is 27.7 Å². The fraction of sp³-hybridized carbons (Fsp3) is 0.281. The number of aryl methyl sites for hydroxylation is 2. The summed E-state index contributed by atoms with van der Waals surface area (Å²) >= 11 is 8.23. The Hall–Kier alpha value is -4.86. The van der Waals surface area contributed by atoms with E-state index in [1.54, 1.807) is 17.4 Å². The highest BCUT2D eigenvalue weighted by Crippen LogP contribution is 2.36. The van der Waals surface area contributed by atoms with Crippen molar-refractivity contribution in [2.45, 2.75) is 33.0 Å². The first-order valence-corrected chi connectivity index (χ1v) is 16.1. The number of nitrogens with one attached hydrogen (secondary N) is 1. The second-order valence-electron chi connectivity index (χ2n) is 11.7. The van der Waals surface area contributed by atoms with Crippen LogP contribution in [0.3, 0.4) is 0 Å². The summed E-state index contributed by atoms with van der Waals surface area (Å²) in [7, 11) is 1.42. The van der Waals surface area contributed by atoms with E-state index in [2.05, 4.69) is 51.1 Å². The van der Waals surface area contributed by atoms with Gasteiger partial charge in [-0.05, 0) is 32.0 Å². The van der Waals surface area contributed by atoms with Gasteiger partial charge in [-0.15, -0.1) is 11.3 Å². The third-order valence-corrected chi connectivity index (χ3v) is 9.57. The van der Waals surface area contributed by atoms with Gasteiger partial charge in [0.25, 0.3) is 11.5 Å². The molecule has 5 heterocycles. The number of primary amides is 1. The largest absolute Gasteiger partial charge is 0.504 e. The summed E-state index contributed by atoms with van der Waals surface area (Å²) in [4.78, 5) is 54.3. The summed E-state index contributed by atoms with van der Waals surface area (Å²) in [6, 6.07) is 6.97. The van der Waals surface area contributed by atoms with Crippen molar-refractivity contribution in [1.82, 2.24) is 24.0 Å². The number of anilines is 2. The lowest BCUT2D eigenvalue weighted by Gasteiger charge is -2.40. The van der Waals surface area contributed by atoms with E-state index >= 15 is 4.39 Å². The minimum Gasteiger partial charge on any atom is -0.504 e. The maximum absolute atomic E-state index is 15.2. The van der Waals surface area contributed by atoms with Gasteiger partial charge in [-0.1, -0.05) is 11.6 Å². The van der Waals surface area contributed by atoms with Crippen molar-refractivity contribution in [3.05, 3.63) is 85.3 Å². The smallest absolute Gasteiger partial charge is 0.263 e. The zero-order chi connectivity index (χ0) is 34.4. The molecule has 1 atom stereocenters. The van der Waals surface area contributed by atoms with Crippen LogP contribution >= 0.6 is 22.9 Å². The van der Waals surface area contributed by atoms with Crippen LogP contribution in [0.5, 0.6) is 5.75 Å². The number of aromatic nitrogens is 4. The van der Waals surface area contributed by atoms with Crippen LogP contribution < -0.4 is 21.5 Å². The number of hydrogen-bond acceptors (Lipinski definition) is 9. The molecule has 4 N–H and O–H groups in total. The SMILES string of the molecule is Cc1ccc(CN2CCN(c3cc(NC(=O)Cn4cc(-c5cc(C(N)=O)c(O)c(F)c5F)c5c(=O)n(C)cnc54)c(Cl)cn3)[C@@H](C)C2)s1. The van der Waals surface area contributed by atoms with E-state index in [0.717, 1.165) is 36.8 Å². The summed E-state index contributed by atoms with van der Waals surface area (Å²) < 4.78 is 32.2. The van der Waals surface area contributed by atoms with Gasteiger partial charge in [-0.3, -0.25) is 19.3 Å². The van der Waals surface area contributed by atoms with Gasteiger partial charge in [0.05, 0.1) is 34.2 Å². The number of thiophene rings is 1. The summed E-state index contributed by atoms with van der Waals surface area (Å²) in [5.74, 6) is -5.60. The maximum Gasteiger partial charge on any atom is 0.263 e. The second-order valence-corrected chi connectivity index (χ2v) is 13.5. The molecular formula is C32H31ClF2N8O4S. The lowest BCUT2D eigenvalue weighted by atomic mass is 10.0. The highest BCUT2D eigenvalue weighted by Gasteiger charge is 2.28. The molecule has 1 aliphatic rings. The van der Waals surface area contributed by atoms with Gasteiger partial charge in [-0.2, -0.15) is 4.39 Å². The number of carbonyl (C=O) groups is 2. The maximum atomic E-state index is 15.2. The molecule has 5 aromatic rings. The number of piperazine rings is 1. The Morgan fingerprint density at radius 1 is 1.17 bits per heavy atom. The Morgan fingerprint density at radius 3 is 2.62 bits per heavy atom. The fourth-order valence-electron chi connectivity index (χ4n) is 5.92. The van der Waals surface area contributed by atoms with Crippen molar-refractivity contribution >= 4 is 57.3 Å². The van der Waals surface area contributed by atoms with E-state index in [1.807, 2.05) is 0 Å². The van der Waals surface area contributed by atoms with Crippen LogP contribution in [-0.4, -0.2) is 66.6 Å². The molecule has 4 aromatic heterocycles. The number of hydrogen-bond donors (Lipinski definition) is 3. The minimum atomic E-state index is -1.71. The third kappa shape index (κ3) is 6.23. The molecule has 16 heteroatoms. The molecule has 6 rings (SSSR count). The number of carbonyl (C=O) groups excluding carboxylic acids is 2. The molecule has 0 aliphatic carbocycles. The zero-order valence-corrected chi connectivity index (χ0v) is 27.7. The van der Waals surface area contributed by atoms with E-state index in [9.17, 15) is 23.9 Å². The topological polar surface area (TPSA) is 152 Å². The molecule has 1 aromatic carbocycles. The molecular weight excluding hydrogens is 666 g/mol. The minimum absolute atomic E-state index is 0.00248. The number of nitrogens with two attached hydrogens (primary N) is 1. The molecule has 1 aliphatic heterocycles. The Kier molecular flexibility index (Phi) is 8.94. The van der Waals surface area contributed by atoms with Crippen LogP contribution in [0, 0.1) is 18.6 Å². The number of aromatic hydroxyl groups is 1. The summed E-state index contributed by atoms with van der Waals surface area (Å²) in [5, 5.41) is 12.8. The first-order chi connectivity index (χ1) is 22.8. The van der Waals surface area contributed by atoms with Crippen molar-refractivity contribution in [3.8, 4) is 16.9 Å². The zero-order valence-electron chi connectivity index (χ0n) is 26.1. The van der Waals surface area contributed by atoms with Crippen molar-refractivity contribution in [1.29, 1.82) is 0 Å². The highest BCUT2D eigenvalue weighted by atomic mass is 35.5. The summed E-state index contributed by atoms with van der Waals surface area (Å²) in [5.41, 5.74) is 3.60. The molecule has 1 saturated heterocycles. The molecule has 250 valence electrons. The number of benzene rings is 1. The van der Waals surface area contributed by atoms with Crippen molar-refractivity contribution in [2.75, 3.05) is 29.9 Å². The van der Waals surface area contributed by atoms with Gasteiger partial charge in [0.15, 0.2) is 11.6 Å². The Bertz CT molecular complexity index is 2150. The lowest BCUT2D eigenvalue weighted by molar-refractivity contribution is -0.116. The predicted molar refractivity (Wildman–Crippen MR) is 180 cm³/mol. The lowest BCUT2D eigenvalue weighted by Crippen LogP contribution is -2.51. The van der Waals surface area contributed by atoms with Crippen molar-refractivity contribution in [2.24, 2.45) is 12.8 Å². The summed E-state index contributed by atoms with van der Waals surface area (Å²) in [6.45, 7) is 7.06. The van der Waals surface area contributed by atoms with Gasteiger partial charge in [0.1, 0.15) is 18.0 Å². The summed E-state index contributed by atoms with van der Waals surface area (Å²) in [6.07, 6.45) is 3.93. The first kappa shape index (κ1) is 33.1. The molecule has 0 spiro atoms. The van der Waals surface area contributed by atoms with E-state index < -0.39 is 52.4 Å². The molecule has 0 saturated carbocycles. The average Bonchev–Trinajstić information content (AvgIpc) is 3.61. The fourth-order valence-corrected chi connectivity index (χ4v) is 7.01. The number of rotatable bonds is 8. The van der Waals surface area contributed by atoms with Crippen LogP contribution in [0.2, 0.25) is 5.02 Å². The number of phenols is 1. The van der Waals surface area contributed by atoms with Crippen molar-refractivity contribution in [3.63, 3.8) is 0 Å². The Labute approximate surface area is 282 Å². The van der Waals surface area contributed by atoms with Gasteiger partial charge in [-0.25, -0.2) is 14.4 Å². The normalized spacial score (nSPS) is 15.3. The number of nitrogens with zero attached hydrogens (tertiary/aromatic N) is 6. The molecule has 0 bridgehead atoms. The van der Waals surface area contributed by atoms with Gasteiger partial charge in [0, 0.05) is 72.4 Å². The predicted octanol–water partition coefficient (Wildman–Crippen LogP) is 4.25. The molecule has 1 fully saturated rings. The second kappa shape index (κ2) is 13.0. The molecule has 48 heavy (non-hydrogen) atoms. The molecule has 12 nitrogen and oxygen atoms in total. The van der Waals surface area contributed by atoms with Gasteiger partial charge < -0.3 is 30.2 Å². The van der Waals surface area contributed by atoms with Crippen LogP contribution in [0.15, 0.2) is 47.8 Å². The van der Waals surface area contributed by atoms with E-state index in [1.165, 1.54) is 40.1 Å². The van der Waals surface area contributed by atoms with Crippen LogP contribution in [0.25, 0.3) is 22.2 Å². The van der Waals surface area contributed by atoms with Crippen LogP contribution in [-0.2, 0) is 24.9 Å². The standard InChI is InChI=1S/C32H31ClF2N8O4S/c1-16-11-41(12-18-5-4-17(2)48-18)6-7-43(16)24-9-23(22(33)10-37-24)39-25(44)14-42-13-21(26-31(42)38-15-40(3)32(26)47)19-8-20(30(36)46)29(45)28(35)27(19)34/h4-5,8-10,13,15-16,45H,6-7,11-12,14H2,1-3H3,(H2,36,46)(H,37,39,44)/t16-/m0/s1. The Morgan fingerprint density at radius 2 is 1.94 bits per heavy atom. The monoisotopic (exact) mass is 696 g/mol. The first-order valence-electron chi connectivity index (χ1n) is 14.9. The van der Waals surface area contributed by atoms with Gasteiger partial charge >= 0.3 is 0 Å². The van der Waals surface area contributed by atoms with E-state index in [4.69, 9.17) is 17.3 Å². The van der Waals surface area contributed by atoms with Gasteiger partial charge in [0.2, 0.25) is 11.7 Å². The average molecular weight is 697 g/mol. The molecule has 2 amide bonds. The van der Waals surface area contributed by atoms with Crippen molar-refractivity contribution < 1.29 is 23.5 Å².